The molecule has 0 aliphatic rings. The third-order valence-electron chi connectivity index (χ3n) is 1.84. The van der Waals surface area contributed by atoms with Crippen LogP contribution >= 0.6 is 0 Å². The van der Waals surface area contributed by atoms with E-state index in [0.29, 0.717) is 12.8 Å². The number of carbonyl (C=O) groups is 2. The highest BCUT2D eigenvalue weighted by molar-refractivity contribution is 5.70. The Balaban J connectivity index is 3.69. The molecule has 0 radical (unpaired) electrons. The van der Waals surface area contributed by atoms with Crippen LogP contribution in [0, 0.1) is 5.92 Å². The van der Waals surface area contributed by atoms with Gasteiger partial charge in [-0.25, -0.2) is 0 Å². The molecule has 0 heterocycles. The lowest BCUT2D eigenvalue weighted by molar-refractivity contribution is -0.158. The maximum Gasteiger partial charge on any atom is 0.306 e. The zero-order valence-corrected chi connectivity index (χ0v) is 10.6. The normalized spacial score (nSPS) is 12.3. The van der Waals surface area contributed by atoms with Crippen LogP contribution in [0.15, 0.2) is 0 Å². The maximum absolute atomic E-state index is 11.3. The summed E-state index contributed by atoms with van der Waals surface area (Å²) in [6.45, 7) is 7.67. The van der Waals surface area contributed by atoms with Crippen LogP contribution in [-0.4, -0.2) is 24.6 Å². The van der Waals surface area contributed by atoms with Crippen LogP contribution in [0.2, 0.25) is 0 Å². The largest absolute Gasteiger partial charge is 0.462 e. The first-order valence-electron chi connectivity index (χ1n) is 5.80. The van der Waals surface area contributed by atoms with Gasteiger partial charge in [-0.2, -0.15) is 0 Å². The molecule has 94 valence electrons. The number of esters is 2. The second-order valence-electron chi connectivity index (χ2n) is 4.33. The Morgan fingerprint density at radius 2 is 1.75 bits per heavy atom. The van der Waals surface area contributed by atoms with Gasteiger partial charge < -0.3 is 9.47 Å². The molecule has 0 saturated carbocycles. The second-order valence-corrected chi connectivity index (χ2v) is 4.33. The van der Waals surface area contributed by atoms with Gasteiger partial charge in [0.15, 0.2) is 0 Å². The molecular formula is C12H22O4. The summed E-state index contributed by atoms with van der Waals surface area (Å²) in [6.07, 6.45) is 1.20. The Bertz CT molecular complexity index is 223. The summed E-state index contributed by atoms with van der Waals surface area (Å²) in [7, 11) is 0. The van der Waals surface area contributed by atoms with Crippen LogP contribution in [-0.2, 0) is 19.1 Å². The van der Waals surface area contributed by atoms with Gasteiger partial charge in [0, 0.05) is 12.8 Å². The van der Waals surface area contributed by atoms with Crippen molar-refractivity contribution in [1.82, 2.24) is 0 Å². The fraction of sp³-hybridized carbons (Fsp3) is 0.833. The summed E-state index contributed by atoms with van der Waals surface area (Å²) < 4.78 is 10.0. The number of rotatable bonds is 7. The zero-order valence-electron chi connectivity index (χ0n) is 10.6. The van der Waals surface area contributed by atoms with Crippen molar-refractivity contribution in [3.8, 4) is 0 Å². The van der Waals surface area contributed by atoms with Crippen LogP contribution in [0.4, 0.5) is 0 Å². The van der Waals surface area contributed by atoms with Crippen molar-refractivity contribution in [3.63, 3.8) is 0 Å². The van der Waals surface area contributed by atoms with Gasteiger partial charge in [-0.3, -0.25) is 9.59 Å². The highest BCUT2D eigenvalue weighted by Gasteiger charge is 2.12. The number of carbonyl (C=O) groups excluding carboxylic acids is 2. The van der Waals surface area contributed by atoms with E-state index in [1.54, 1.807) is 6.92 Å². The van der Waals surface area contributed by atoms with Crippen molar-refractivity contribution < 1.29 is 19.1 Å². The predicted octanol–water partition coefficient (Wildman–Crippen LogP) is 2.31. The molecule has 0 N–H and O–H groups in total. The van der Waals surface area contributed by atoms with Crippen molar-refractivity contribution in [2.75, 3.05) is 6.61 Å². The molecule has 0 spiro atoms. The minimum atomic E-state index is -0.368. The van der Waals surface area contributed by atoms with Gasteiger partial charge in [0.2, 0.25) is 0 Å². The third kappa shape index (κ3) is 8.26. The smallest absolute Gasteiger partial charge is 0.306 e. The summed E-state index contributed by atoms with van der Waals surface area (Å²) in [5.41, 5.74) is 0. The summed E-state index contributed by atoms with van der Waals surface area (Å²) >= 11 is 0. The van der Waals surface area contributed by atoms with E-state index in [2.05, 4.69) is 0 Å². The van der Waals surface area contributed by atoms with E-state index in [1.807, 2.05) is 20.8 Å². The Morgan fingerprint density at radius 1 is 1.12 bits per heavy atom. The van der Waals surface area contributed by atoms with E-state index in [1.165, 1.54) is 0 Å². The molecule has 0 saturated heterocycles. The lowest BCUT2D eigenvalue weighted by atomic mass is 10.1. The van der Waals surface area contributed by atoms with Crippen LogP contribution in [0.25, 0.3) is 0 Å². The molecule has 0 amide bonds. The monoisotopic (exact) mass is 230 g/mol. The van der Waals surface area contributed by atoms with Crippen LogP contribution in [0.3, 0.4) is 0 Å². The molecule has 4 heteroatoms. The number of hydrogen-bond acceptors (Lipinski definition) is 4. The molecule has 16 heavy (non-hydrogen) atoms. The molecule has 4 nitrogen and oxygen atoms in total. The van der Waals surface area contributed by atoms with E-state index < -0.39 is 0 Å². The van der Waals surface area contributed by atoms with Crippen molar-refractivity contribution >= 4 is 11.9 Å². The molecule has 0 aromatic carbocycles. The van der Waals surface area contributed by atoms with Gasteiger partial charge in [-0.1, -0.05) is 20.8 Å². The average molecular weight is 230 g/mol. The van der Waals surface area contributed by atoms with Crippen molar-refractivity contribution in [2.24, 2.45) is 5.92 Å². The standard InChI is InChI=1S/C12H22O4/c1-5-6-11(13)15-8-10(4)16-12(14)7-9(2)3/h9-10H,5-8H2,1-4H3. The summed E-state index contributed by atoms with van der Waals surface area (Å²) in [5, 5.41) is 0. The molecule has 0 fully saturated rings. The van der Waals surface area contributed by atoms with Crippen molar-refractivity contribution in [1.29, 1.82) is 0 Å². The summed E-state index contributed by atoms with van der Waals surface area (Å²) in [4.78, 5) is 22.3. The van der Waals surface area contributed by atoms with Gasteiger partial charge in [-0.15, -0.1) is 0 Å². The quantitative estimate of drug-likeness (QED) is 0.630. The lowest BCUT2D eigenvalue weighted by Gasteiger charge is -2.14. The fourth-order valence-electron chi connectivity index (χ4n) is 1.13. The lowest BCUT2D eigenvalue weighted by Crippen LogP contribution is -2.22. The van der Waals surface area contributed by atoms with Gasteiger partial charge in [0.25, 0.3) is 0 Å². The Labute approximate surface area is 97.3 Å². The van der Waals surface area contributed by atoms with Crippen LogP contribution < -0.4 is 0 Å². The van der Waals surface area contributed by atoms with Gasteiger partial charge in [-0.05, 0) is 19.3 Å². The van der Waals surface area contributed by atoms with E-state index in [4.69, 9.17) is 9.47 Å². The first kappa shape index (κ1) is 14.9. The average Bonchev–Trinajstić information content (AvgIpc) is 2.13. The van der Waals surface area contributed by atoms with Gasteiger partial charge >= 0.3 is 11.9 Å². The molecule has 1 unspecified atom stereocenters. The Kier molecular flexibility index (Phi) is 7.60. The van der Waals surface area contributed by atoms with E-state index in [9.17, 15) is 9.59 Å². The first-order chi connectivity index (χ1) is 7.45. The Hall–Kier alpha value is -1.06. The van der Waals surface area contributed by atoms with Gasteiger partial charge in [0.1, 0.15) is 12.7 Å². The van der Waals surface area contributed by atoms with Crippen LogP contribution in [0.5, 0.6) is 0 Å². The molecular weight excluding hydrogens is 208 g/mol. The van der Waals surface area contributed by atoms with E-state index in [0.717, 1.165) is 6.42 Å². The van der Waals surface area contributed by atoms with E-state index >= 15 is 0 Å². The maximum atomic E-state index is 11.3. The van der Waals surface area contributed by atoms with E-state index in [-0.39, 0.29) is 30.6 Å². The molecule has 1 atom stereocenters. The molecule has 0 aromatic heterocycles. The SMILES string of the molecule is CCCC(=O)OCC(C)OC(=O)CC(C)C. The fourth-order valence-corrected chi connectivity index (χ4v) is 1.13. The molecule has 0 aromatic rings. The highest BCUT2D eigenvalue weighted by Crippen LogP contribution is 2.04. The summed E-state index contributed by atoms with van der Waals surface area (Å²) in [6, 6.07) is 0. The summed E-state index contributed by atoms with van der Waals surface area (Å²) in [5.74, 6) is -0.203. The number of hydrogen-bond donors (Lipinski definition) is 0. The number of ether oxygens (including phenoxy) is 2. The highest BCUT2D eigenvalue weighted by atomic mass is 16.6. The van der Waals surface area contributed by atoms with Crippen LogP contribution in [0.1, 0.15) is 47.0 Å². The minimum absolute atomic E-state index is 0.142. The van der Waals surface area contributed by atoms with Crippen molar-refractivity contribution in [3.05, 3.63) is 0 Å². The minimum Gasteiger partial charge on any atom is -0.462 e. The Morgan fingerprint density at radius 3 is 2.25 bits per heavy atom. The topological polar surface area (TPSA) is 52.6 Å². The molecule has 0 aliphatic heterocycles. The molecule has 0 bridgehead atoms. The molecule has 0 rings (SSSR count). The molecule has 0 aliphatic carbocycles. The van der Waals surface area contributed by atoms with Crippen molar-refractivity contribution in [2.45, 2.75) is 53.1 Å². The third-order valence-corrected chi connectivity index (χ3v) is 1.84. The van der Waals surface area contributed by atoms with Gasteiger partial charge in [0.05, 0.1) is 0 Å². The predicted molar refractivity (Wildman–Crippen MR) is 60.9 cm³/mol. The second kappa shape index (κ2) is 8.13. The zero-order chi connectivity index (χ0) is 12.6. The first-order valence-corrected chi connectivity index (χ1v) is 5.80.